The van der Waals surface area contributed by atoms with Gasteiger partial charge in [-0.1, -0.05) is 6.07 Å². The van der Waals surface area contributed by atoms with Gasteiger partial charge in [-0.3, -0.25) is 14.2 Å². The van der Waals surface area contributed by atoms with Gasteiger partial charge in [-0.15, -0.1) is 0 Å². The molecule has 0 aliphatic rings. The molecule has 3 heterocycles. The number of carbonyl (C=O) groups excluding carboxylic acids is 1. The third-order valence-electron chi connectivity index (χ3n) is 5.48. The largest absolute Gasteiger partial charge is 0.416 e. The van der Waals surface area contributed by atoms with E-state index in [1.807, 2.05) is 25.3 Å². The van der Waals surface area contributed by atoms with Gasteiger partial charge in [0.25, 0.3) is 5.56 Å². The van der Waals surface area contributed by atoms with Gasteiger partial charge in [0.15, 0.2) is 11.4 Å². The van der Waals surface area contributed by atoms with Crippen LogP contribution >= 0.6 is 0 Å². The SMILES string of the molecule is CCn1c(C)cc(C(=O)Cn2cnc3c(cnn3-c3cccc(C(F)(F)F)c3)c2=O)c1C. The summed E-state index contributed by atoms with van der Waals surface area (Å²) in [7, 11) is 0. The minimum Gasteiger partial charge on any atom is -0.349 e. The van der Waals surface area contributed by atoms with Crippen LogP contribution in [0.5, 0.6) is 0 Å². The van der Waals surface area contributed by atoms with Crippen LogP contribution in [-0.2, 0) is 19.3 Å². The standard InChI is InChI=1S/C22H20F3N5O2/c1-4-29-13(2)8-17(14(29)3)19(31)11-28-12-26-20-18(21(28)32)10-27-30(20)16-7-5-6-15(9-16)22(23,24)25/h5-10,12H,4,11H2,1-3H3. The van der Waals surface area contributed by atoms with Gasteiger partial charge in [0, 0.05) is 23.5 Å². The minimum absolute atomic E-state index is 0.108. The Morgan fingerprint density at radius 2 is 1.91 bits per heavy atom. The van der Waals surface area contributed by atoms with Crippen molar-refractivity contribution in [3.8, 4) is 5.69 Å². The summed E-state index contributed by atoms with van der Waals surface area (Å²) in [5.41, 5.74) is 1.24. The highest BCUT2D eigenvalue weighted by molar-refractivity contribution is 5.97. The van der Waals surface area contributed by atoms with E-state index in [0.717, 1.165) is 30.1 Å². The Hall–Kier alpha value is -3.69. The fourth-order valence-electron chi connectivity index (χ4n) is 3.87. The monoisotopic (exact) mass is 443 g/mol. The van der Waals surface area contributed by atoms with E-state index >= 15 is 0 Å². The summed E-state index contributed by atoms with van der Waals surface area (Å²) >= 11 is 0. The van der Waals surface area contributed by atoms with Gasteiger partial charge < -0.3 is 4.57 Å². The van der Waals surface area contributed by atoms with E-state index in [9.17, 15) is 22.8 Å². The van der Waals surface area contributed by atoms with Crippen LogP contribution in [0.1, 0.15) is 34.2 Å². The lowest BCUT2D eigenvalue weighted by atomic mass is 10.1. The van der Waals surface area contributed by atoms with E-state index in [2.05, 4.69) is 10.1 Å². The van der Waals surface area contributed by atoms with Crippen LogP contribution in [0.4, 0.5) is 13.2 Å². The van der Waals surface area contributed by atoms with Crippen LogP contribution in [0.3, 0.4) is 0 Å². The molecule has 0 unspecified atom stereocenters. The Morgan fingerprint density at radius 1 is 1.16 bits per heavy atom. The van der Waals surface area contributed by atoms with Crippen molar-refractivity contribution in [3.05, 3.63) is 75.7 Å². The molecule has 0 aliphatic carbocycles. The van der Waals surface area contributed by atoms with Crippen LogP contribution in [0.2, 0.25) is 0 Å². The highest BCUT2D eigenvalue weighted by atomic mass is 19.4. The fraction of sp³-hybridized carbons (Fsp3) is 0.273. The van der Waals surface area contributed by atoms with Crippen molar-refractivity contribution >= 4 is 16.8 Å². The maximum Gasteiger partial charge on any atom is 0.416 e. The predicted molar refractivity (Wildman–Crippen MR) is 112 cm³/mol. The van der Waals surface area contributed by atoms with E-state index in [0.29, 0.717) is 5.56 Å². The van der Waals surface area contributed by atoms with E-state index in [4.69, 9.17) is 0 Å². The third-order valence-corrected chi connectivity index (χ3v) is 5.48. The zero-order valence-corrected chi connectivity index (χ0v) is 17.6. The lowest BCUT2D eigenvalue weighted by Gasteiger charge is -2.09. The van der Waals surface area contributed by atoms with Crippen LogP contribution in [0, 0.1) is 13.8 Å². The topological polar surface area (TPSA) is 74.7 Å². The molecule has 166 valence electrons. The van der Waals surface area contributed by atoms with Gasteiger partial charge in [-0.2, -0.15) is 18.3 Å². The second kappa shape index (κ2) is 7.77. The van der Waals surface area contributed by atoms with Crippen molar-refractivity contribution in [1.29, 1.82) is 0 Å². The first-order valence-electron chi connectivity index (χ1n) is 9.92. The molecule has 0 bridgehead atoms. The number of aromatic nitrogens is 5. The van der Waals surface area contributed by atoms with Crippen LogP contribution in [-0.4, -0.2) is 29.7 Å². The zero-order valence-electron chi connectivity index (χ0n) is 17.6. The van der Waals surface area contributed by atoms with Gasteiger partial charge in [0.1, 0.15) is 11.7 Å². The Kier molecular flexibility index (Phi) is 5.23. The zero-order chi connectivity index (χ0) is 23.2. The molecule has 4 aromatic rings. The summed E-state index contributed by atoms with van der Waals surface area (Å²) in [6, 6.07) is 6.40. The second-order valence-corrected chi connectivity index (χ2v) is 7.47. The Balaban J connectivity index is 1.70. The molecule has 0 saturated carbocycles. The highest BCUT2D eigenvalue weighted by Crippen LogP contribution is 2.30. The van der Waals surface area contributed by atoms with E-state index in [1.54, 1.807) is 6.07 Å². The number of Topliss-reactive ketones (excluding diaryl/α,β-unsaturated/α-hetero) is 1. The number of ketones is 1. The van der Waals surface area contributed by atoms with E-state index in [-0.39, 0.29) is 29.0 Å². The van der Waals surface area contributed by atoms with Gasteiger partial charge in [-0.05, 0) is 45.0 Å². The first kappa shape index (κ1) is 21.5. The summed E-state index contributed by atoms with van der Waals surface area (Å²) in [5, 5.41) is 4.16. The van der Waals surface area contributed by atoms with Crippen molar-refractivity contribution in [3.63, 3.8) is 0 Å². The number of rotatable bonds is 5. The number of benzene rings is 1. The summed E-state index contributed by atoms with van der Waals surface area (Å²) in [5.74, 6) is -0.230. The summed E-state index contributed by atoms with van der Waals surface area (Å²) in [6.07, 6.45) is -2.05. The summed E-state index contributed by atoms with van der Waals surface area (Å²) < 4.78 is 43.5. The normalized spacial score (nSPS) is 11.9. The maximum atomic E-state index is 13.0. The van der Waals surface area contributed by atoms with Gasteiger partial charge >= 0.3 is 6.18 Å². The summed E-state index contributed by atoms with van der Waals surface area (Å²) in [4.78, 5) is 29.9. The van der Waals surface area contributed by atoms with Gasteiger partial charge in [0.2, 0.25) is 0 Å². The lowest BCUT2D eigenvalue weighted by Crippen LogP contribution is -2.25. The van der Waals surface area contributed by atoms with Gasteiger partial charge in [-0.25, -0.2) is 9.67 Å². The number of hydrogen-bond acceptors (Lipinski definition) is 4. The van der Waals surface area contributed by atoms with Crippen molar-refractivity contribution in [2.75, 3.05) is 0 Å². The first-order valence-corrected chi connectivity index (χ1v) is 9.92. The number of hydrogen-bond donors (Lipinski definition) is 0. The quantitative estimate of drug-likeness (QED) is 0.438. The Labute approximate surface area is 180 Å². The highest BCUT2D eigenvalue weighted by Gasteiger charge is 2.30. The number of carbonyl (C=O) groups is 1. The van der Waals surface area contributed by atoms with Crippen molar-refractivity contribution in [1.82, 2.24) is 23.9 Å². The number of alkyl halides is 3. The molecule has 0 aliphatic heterocycles. The maximum absolute atomic E-state index is 13.0. The minimum atomic E-state index is -4.51. The molecule has 7 nitrogen and oxygen atoms in total. The molecular weight excluding hydrogens is 423 g/mol. The second-order valence-electron chi connectivity index (χ2n) is 7.47. The van der Waals surface area contributed by atoms with E-state index in [1.165, 1.54) is 33.9 Å². The third kappa shape index (κ3) is 3.61. The molecule has 4 rings (SSSR count). The molecule has 1 aromatic carbocycles. The fourth-order valence-corrected chi connectivity index (χ4v) is 3.87. The smallest absolute Gasteiger partial charge is 0.349 e. The summed E-state index contributed by atoms with van der Waals surface area (Å²) in [6.45, 7) is 6.28. The van der Waals surface area contributed by atoms with Gasteiger partial charge in [0.05, 0.1) is 24.0 Å². The number of halogens is 3. The van der Waals surface area contributed by atoms with Crippen molar-refractivity contribution in [2.24, 2.45) is 0 Å². The first-order chi connectivity index (χ1) is 15.1. The number of fused-ring (bicyclic) bond motifs is 1. The molecule has 0 amide bonds. The van der Waals surface area contributed by atoms with Crippen molar-refractivity contribution in [2.45, 2.75) is 40.0 Å². The molecule has 10 heteroatoms. The average molecular weight is 443 g/mol. The number of nitrogens with zero attached hydrogens (tertiary/aromatic N) is 5. The molecular formula is C22H20F3N5O2. The molecule has 0 fully saturated rings. The number of aryl methyl sites for hydroxylation is 1. The van der Waals surface area contributed by atoms with Crippen LogP contribution in [0.15, 0.2) is 47.7 Å². The molecule has 0 saturated heterocycles. The molecule has 0 atom stereocenters. The van der Waals surface area contributed by atoms with E-state index < -0.39 is 17.3 Å². The van der Waals surface area contributed by atoms with Crippen LogP contribution in [0.25, 0.3) is 16.7 Å². The average Bonchev–Trinajstić information content (AvgIpc) is 3.30. The Bertz CT molecular complexity index is 1400. The lowest BCUT2D eigenvalue weighted by molar-refractivity contribution is -0.137. The molecule has 0 radical (unpaired) electrons. The molecule has 0 spiro atoms. The Morgan fingerprint density at radius 3 is 2.56 bits per heavy atom. The molecule has 32 heavy (non-hydrogen) atoms. The van der Waals surface area contributed by atoms with Crippen molar-refractivity contribution < 1.29 is 18.0 Å². The molecule has 0 N–H and O–H groups in total. The van der Waals surface area contributed by atoms with Crippen LogP contribution < -0.4 is 5.56 Å². The predicted octanol–water partition coefficient (Wildman–Crippen LogP) is 3.92. The molecule has 3 aromatic heterocycles.